The molecule has 2 N–H and O–H groups in total. The van der Waals surface area contributed by atoms with Gasteiger partial charge in [0, 0.05) is 0 Å². The number of fused-ring (bicyclic) bond motifs is 1. The summed E-state index contributed by atoms with van der Waals surface area (Å²) in [6, 6.07) is 9.78. The average molecular weight is 310 g/mol. The molecule has 6 heteroatoms. The number of benzene rings is 1. The zero-order valence-electron chi connectivity index (χ0n) is 12.8. The van der Waals surface area contributed by atoms with Crippen molar-refractivity contribution in [2.45, 2.75) is 50.3 Å². The second-order valence-corrected chi connectivity index (χ2v) is 6.18. The minimum Gasteiger partial charge on any atom is -0.391 e. The van der Waals surface area contributed by atoms with Crippen LogP contribution in [0.15, 0.2) is 30.3 Å². The largest absolute Gasteiger partial charge is 0.391 e. The molecular formula is C16H22O6. The van der Waals surface area contributed by atoms with E-state index in [1.54, 1.807) is 13.8 Å². The first kappa shape index (κ1) is 15.9. The fourth-order valence-corrected chi connectivity index (χ4v) is 2.93. The minimum absolute atomic E-state index is 0.248. The zero-order chi connectivity index (χ0) is 15.8. The molecule has 0 amide bonds. The standard InChI is InChI=1S/C16H22O6/c1-15(2)21-13-12(20-16(18,10-17)14(13)22-15)9-19-8-11-6-4-3-5-7-11/h3-7,12-14,17-18H,8-10H2,1-2H3/t12-,13-,14-,16-/m1/s1. The van der Waals surface area contributed by atoms with Crippen LogP contribution in [-0.2, 0) is 25.6 Å². The highest BCUT2D eigenvalue weighted by Crippen LogP contribution is 2.42. The van der Waals surface area contributed by atoms with Gasteiger partial charge in [-0.1, -0.05) is 30.3 Å². The smallest absolute Gasteiger partial charge is 0.219 e. The summed E-state index contributed by atoms with van der Waals surface area (Å²) in [6.07, 6.45) is -1.69. The molecule has 0 radical (unpaired) electrons. The van der Waals surface area contributed by atoms with Crippen molar-refractivity contribution in [2.75, 3.05) is 13.2 Å². The number of hydrogen-bond donors (Lipinski definition) is 2. The number of rotatable bonds is 5. The zero-order valence-corrected chi connectivity index (χ0v) is 12.8. The van der Waals surface area contributed by atoms with Crippen LogP contribution in [0.4, 0.5) is 0 Å². The first-order valence-electron chi connectivity index (χ1n) is 7.42. The molecule has 6 nitrogen and oxygen atoms in total. The van der Waals surface area contributed by atoms with E-state index in [1.807, 2.05) is 30.3 Å². The summed E-state index contributed by atoms with van der Waals surface area (Å²) in [7, 11) is 0. The third kappa shape index (κ3) is 3.03. The van der Waals surface area contributed by atoms with Crippen molar-refractivity contribution in [1.29, 1.82) is 0 Å². The summed E-state index contributed by atoms with van der Waals surface area (Å²) >= 11 is 0. The molecule has 0 aliphatic carbocycles. The summed E-state index contributed by atoms with van der Waals surface area (Å²) in [5.41, 5.74) is 1.05. The molecule has 0 saturated carbocycles. The van der Waals surface area contributed by atoms with Crippen molar-refractivity contribution in [2.24, 2.45) is 0 Å². The predicted molar refractivity (Wildman–Crippen MR) is 76.8 cm³/mol. The monoisotopic (exact) mass is 310 g/mol. The summed E-state index contributed by atoms with van der Waals surface area (Å²) in [5, 5.41) is 19.8. The van der Waals surface area contributed by atoms with Gasteiger partial charge in [0.2, 0.25) is 5.79 Å². The number of ether oxygens (including phenoxy) is 4. The molecule has 3 rings (SSSR count). The molecule has 2 saturated heterocycles. The van der Waals surface area contributed by atoms with E-state index in [9.17, 15) is 10.2 Å². The van der Waals surface area contributed by atoms with Crippen molar-refractivity contribution >= 4 is 0 Å². The van der Waals surface area contributed by atoms with Crippen molar-refractivity contribution in [3.05, 3.63) is 35.9 Å². The Morgan fingerprint density at radius 2 is 1.86 bits per heavy atom. The summed E-state index contributed by atoms with van der Waals surface area (Å²) in [5.74, 6) is -2.57. The summed E-state index contributed by atoms with van der Waals surface area (Å²) < 4.78 is 22.6. The van der Waals surface area contributed by atoms with Gasteiger partial charge in [-0.15, -0.1) is 0 Å². The van der Waals surface area contributed by atoms with Gasteiger partial charge in [-0.05, 0) is 19.4 Å². The Kier molecular flexibility index (Phi) is 4.24. The molecule has 0 unspecified atom stereocenters. The van der Waals surface area contributed by atoms with Crippen LogP contribution in [0.2, 0.25) is 0 Å². The Hall–Kier alpha value is -1.02. The van der Waals surface area contributed by atoms with Gasteiger partial charge in [-0.3, -0.25) is 0 Å². The summed E-state index contributed by atoms with van der Waals surface area (Å²) in [4.78, 5) is 0. The molecule has 22 heavy (non-hydrogen) atoms. The van der Waals surface area contributed by atoms with E-state index in [2.05, 4.69) is 0 Å². The number of aliphatic hydroxyl groups is 2. The fourth-order valence-electron chi connectivity index (χ4n) is 2.93. The van der Waals surface area contributed by atoms with E-state index in [1.165, 1.54) is 0 Å². The maximum Gasteiger partial charge on any atom is 0.219 e. The highest BCUT2D eigenvalue weighted by molar-refractivity contribution is 5.13. The van der Waals surface area contributed by atoms with E-state index in [-0.39, 0.29) is 6.61 Å². The van der Waals surface area contributed by atoms with Crippen molar-refractivity contribution in [3.63, 3.8) is 0 Å². The highest BCUT2D eigenvalue weighted by Gasteiger charge is 2.62. The second kappa shape index (κ2) is 5.88. The maximum atomic E-state index is 10.4. The van der Waals surface area contributed by atoms with Gasteiger partial charge in [0.15, 0.2) is 5.79 Å². The predicted octanol–water partition coefficient (Wildman–Crippen LogP) is 0.803. The average Bonchev–Trinajstić information content (AvgIpc) is 2.94. The van der Waals surface area contributed by atoms with Crippen molar-refractivity contribution in [3.8, 4) is 0 Å². The molecule has 2 fully saturated rings. The van der Waals surface area contributed by atoms with E-state index in [0.29, 0.717) is 6.61 Å². The third-order valence-electron chi connectivity index (χ3n) is 3.92. The van der Waals surface area contributed by atoms with Crippen LogP contribution in [0.3, 0.4) is 0 Å². The van der Waals surface area contributed by atoms with Gasteiger partial charge < -0.3 is 29.2 Å². The van der Waals surface area contributed by atoms with Gasteiger partial charge in [0.1, 0.15) is 18.3 Å². The molecule has 0 spiro atoms. The summed E-state index contributed by atoms with van der Waals surface area (Å²) in [6.45, 7) is 3.68. The Labute approximate surface area is 129 Å². The van der Waals surface area contributed by atoms with E-state index >= 15 is 0 Å². The molecular weight excluding hydrogens is 288 g/mol. The topological polar surface area (TPSA) is 77.4 Å². The van der Waals surface area contributed by atoms with Crippen LogP contribution in [0.1, 0.15) is 19.4 Å². The molecule has 0 aromatic heterocycles. The minimum atomic E-state index is -1.75. The lowest BCUT2D eigenvalue weighted by molar-refractivity contribution is -0.288. The molecule has 0 bridgehead atoms. The first-order chi connectivity index (χ1) is 10.4. The van der Waals surface area contributed by atoms with Crippen LogP contribution in [0.25, 0.3) is 0 Å². The SMILES string of the molecule is CC1(C)O[C@H]2[C@@H](O1)[C@@](O)(CO)O[C@@H]2COCc1ccccc1. The molecule has 2 aliphatic rings. The van der Waals surface area contributed by atoms with E-state index < -0.39 is 36.5 Å². The van der Waals surface area contributed by atoms with Crippen LogP contribution in [0, 0.1) is 0 Å². The lowest BCUT2D eigenvalue weighted by Crippen LogP contribution is -2.46. The van der Waals surface area contributed by atoms with Gasteiger partial charge in [0.05, 0.1) is 19.8 Å². The lowest BCUT2D eigenvalue weighted by Gasteiger charge is -2.28. The van der Waals surface area contributed by atoms with Crippen LogP contribution < -0.4 is 0 Å². The Morgan fingerprint density at radius 3 is 2.55 bits per heavy atom. The third-order valence-corrected chi connectivity index (χ3v) is 3.92. The van der Waals surface area contributed by atoms with Gasteiger partial charge in [0.25, 0.3) is 0 Å². The molecule has 1 aromatic carbocycles. The Morgan fingerprint density at radius 1 is 1.14 bits per heavy atom. The first-order valence-corrected chi connectivity index (χ1v) is 7.42. The Balaban J connectivity index is 1.62. The fraction of sp³-hybridized carbons (Fsp3) is 0.625. The molecule has 4 atom stereocenters. The van der Waals surface area contributed by atoms with Crippen LogP contribution >= 0.6 is 0 Å². The van der Waals surface area contributed by atoms with Crippen LogP contribution in [0.5, 0.6) is 0 Å². The molecule has 2 aliphatic heterocycles. The van der Waals surface area contributed by atoms with Gasteiger partial charge in [-0.25, -0.2) is 0 Å². The van der Waals surface area contributed by atoms with E-state index in [0.717, 1.165) is 5.56 Å². The van der Waals surface area contributed by atoms with Crippen molar-refractivity contribution in [1.82, 2.24) is 0 Å². The maximum absolute atomic E-state index is 10.4. The van der Waals surface area contributed by atoms with Crippen LogP contribution in [-0.4, -0.2) is 53.3 Å². The quantitative estimate of drug-likeness (QED) is 0.838. The van der Waals surface area contributed by atoms with Crippen molar-refractivity contribution < 1.29 is 29.2 Å². The number of hydrogen-bond acceptors (Lipinski definition) is 6. The molecule has 1 aromatic rings. The van der Waals surface area contributed by atoms with E-state index in [4.69, 9.17) is 18.9 Å². The molecule has 122 valence electrons. The highest BCUT2D eigenvalue weighted by atomic mass is 16.8. The number of aliphatic hydroxyl groups excluding tert-OH is 1. The molecule has 2 heterocycles. The van der Waals surface area contributed by atoms with Gasteiger partial charge in [-0.2, -0.15) is 0 Å². The second-order valence-electron chi connectivity index (χ2n) is 6.18. The van der Waals surface area contributed by atoms with Gasteiger partial charge >= 0.3 is 0 Å². The normalized spacial score (nSPS) is 36.5. The Bertz CT molecular complexity index is 505. The lowest BCUT2D eigenvalue weighted by atomic mass is 10.1.